The van der Waals surface area contributed by atoms with Gasteiger partial charge in [0, 0.05) is 17.9 Å². The van der Waals surface area contributed by atoms with Crippen molar-refractivity contribution >= 4 is 23.1 Å². The van der Waals surface area contributed by atoms with Crippen molar-refractivity contribution in [1.82, 2.24) is 0 Å². The van der Waals surface area contributed by atoms with Crippen molar-refractivity contribution in [2.45, 2.75) is 40.0 Å². The van der Waals surface area contributed by atoms with Gasteiger partial charge in [0.1, 0.15) is 11.5 Å². The molecule has 1 aromatic carbocycles. The minimum atomic E-state index is -0.789. The van der Waals surface area contributed by atoms with Gasteiger partial charge in [0.25, 0.3) is 5.69 Å². The van der Waals surface area contributed by atoms with E-state index in [9.17, 15) is 19.7 Å². The fourth-order valence-electron chi connectivity index (χ4n) is 4.34. The van der Waals surface area contributed by atoms with Crippen LogP contribution in [-0.2, 0) is 9.59 Å². The molecule has 0 unspecified atom stereocenters. The highest BCUT2D eigenvalue weighted by molar-refractivity contribution is 6.05. The summed E-state index contributed by atoms with van der Waals surface area (Å²) in [5.74, 6) is -0.169. The highest BCUT2D eigenvalue weighted by atomic mass is 16.6. The summed E-state index contributed by atoms with van der Waals surface area (Å²) < 4.78 is 0. The van der Waals surface area contributed by atoms with Crippen molar-refractivity contribution in [3.8, 4) is 0 Å². The molecule has 0 heterocycles. The van der Waals surface area contributed by atoms with Gasteiger partial charge >= 0.3 is 0 Å². The Morgan fingerprint density at radius 1 is 1.22 bits per heavy atom. The monoisotopic (exact) mass is 316 g/mol. The molecule has 6 nitrogen and oxygen atoms in total. The smallest absolute Gasteiger partial charge is 0.292 e. The number of fused-ring (bicyclic) bond motifs is 2. The zero-order valence-electron chi connectivity index (χ0n) is 13.5. The van der Waals surface area contributed by atoms with Gasteiger partial charge in [-0.15, -0.1) is 0 Å². The first kappa shape index (κ1) is 15.6. The van der Waals surface area contributed by atoms with Gasteiger partial charge in [-0.25, -0.2) is 0 Å². The molecule has 1 amide bonds. The summed E-state index contributed by atoms with van der Waals surface area (Å²) in [4.78, 5) is 36.0. The Balaban J connectivity index is 1.97. The molecular formula is C17H20N2O4. The fourth-order valence-corrected chi connectivity index (χ4v) is 4.34. The predicted octanol–water partition coefficient (Wildman–Crippen LogP) is 3.32. The second kappa shape index (κ2) is 4.63. The molecule has 0 aliphatic heterocycles. The van der Waals surface area contributed by atoms with Crippen LogP contribution in [0.4, 0.5) is 11.4 Å². The van der Waals surface area contributed by atoms with Crippen LogP contribution < -0.4 is 5.32 Å². The molecule has 0 aromatic heterocycles. The van der Waals surface area contributed by atoms with Crippen molar-refractivity contribution in [3.05, 3.63) is 34.4 Å². The van der Waals surface area contributed by atoms with E-state index in [1.54, 1.807) is 12.1 Å². The van der Waals surface area contributed by atoms with Crippen LogP contribution in [0.15, 0.2) is 24.3 Å². The van der Waals surface area contributed by atoms with E-state index in [1.165, 1.54) is 12.1 Å². The second-order valence-corrected chi connectivity index (χ2v) is 7.37. The van der Waals surface area contributed by atoms with E-state index in [4.69, 9.17) is 0 Å². The molecule has 0 saturated heterocycles. The topological polar surface area (TPSA) is 89.3 Å². The Kier molecular flexibility index (Phi) is 3.15. The first-order chi connectivity index (χ1) is 10.7. The number of nitrogens with one attached hydrogen (secondary N) is 1. The van der Waals surface area contributed by atoms with Crippen LogP contribution in [-0.4, -0.2) is 16.6 Å². The molecule has 2 fully saturated rings. The van der Waals surface area contributed by atoms with Crippen LogP contribution in [0, 0.1) is 26.4 Å². The maximum absolute atomic E-state index is 13.0. The number of nitrogens with zero attached hydrogens (tertiary/aromatic N) is 1. The van der Waals surface area contributed by atoms with Crippen LogP contribution in [0.1, 0.15) is 40.0 Å². The number of nitro benzene ring substituents is 1. The third-order valence-electron chi connectivity index (χ3n) is 6.49. The highest BCUT2D eigenvalue weighted by Gasteiger charge is 2.72. The summed E-state index contributed by atoms with van der Waals surface area (Å²) >= 11 is 0. The van der Waals surface area contributed by atoms with Crippen LogP contribution in [0.5, 0.6) is 0 Å². The average Bonchev–Trinajstić information content (AvgIpc) is 2.78. The molecule has 2 aliphatic rings. The zero-order valence-corrected chi connectivity index (χ0v) is 13.5. The van der Waals surface area contributed by atoms with Crippen molar-refractivity contribution in [2.75, 3.05) is 5.32 Å². The van der Waals surface area contributed by atoms with Gasteiger partial charge in [-0.1, -0.05) is 32.9 Å². The summed E-state index contributed by atoms with van der Waals surface area (Å²) in [7, 11) is 0. The molecular weight excluding hydrogens is 296 g/mol. The molecule has 1 N–H and O–H groups in total. The second-order valence-electron chi connectivity index (χ2n) is 7.37. The highest BCUT2D eigenvalue weighted by Crippen LogP contribution is 2.70. The SMILES string of the molecule is CC1(C)[C@]2(C(=O)Nc3ccccc3[N+](=O)[O-])CC[C@@]1(C)C(=O)C2. The zero-order chi connectivity index (χ0) is 17.0. The van der Waals surface area contributed by atoms with E-state index in [0.29, 0.717) is 12.8 Å². The molecule has 0 spiro atoms. The third kappa shape index (κ3) is 1.81. The Morgan fingerprint density at radius 3 is 2.39 bits per heavy atom. The van der Waals surface area contributed by atoms with Gasteiger partial charge in [0.2, 0.25) is 5.91 Å². The van der Waals surface area contributed by atoms with Gasteiger partial charge in [0.05, 0.1) is 10.3 Å². The van der Waals surface area contributed by atoms with E-state index in [1.807, 2.05) is 20.8 Å². The Hall–Kier alpha value is -2.24. The van der Waals surface area contributed by atoms with E-state index in [2.05, 4.69) is 5.32 Å². The number of carbonyl (C=O) groups is 2. The number of anilines is 1. The molecule has 23 heavy (non-hydrogen) atoms. The number of benzene rings is 1. The number of hydrogen-bond donors (Lipinski definition) is 1. The number of nitro groups is 1. The fraction of sp³-hybridized carbons (Fsp3) is 0.529. The van der Waals surface area contributed by atoms with Crippen LogP contribution >= 0.6 is 0 Å². The quantitative estimate of drug-likeness (QED) is 0.684. The average molecular weight is 316 g/mol. The van der Waals surface area contributed by atoms with Crippen molar-refractivity contribution in [2.24, 2.45) is 16.2 Å². The van der Waals surface area contributed by atoms with Crippen molar-refractivity contribution in [3.63, 3.8) is 0 Å². The molecule has 3 rings (SSSR count). The first-order valence-electron chi connectivity index (χ1n) is 7.74. The lowest BCUT2D eigenvalue weighted by atomic mass is 9.64. The standard InChI is InChI=1S/C17H20N2O4/c1-15(2)16(3)8-9-17(15,10-13(16)20)14(21)18-11-6-4-5-7-12(11)19(22)23/h4-7H,8-10H2,1-3H3,(H,18,21)/t16-,17+/m0/s1. The summed E-state index contributed by atoms with van der Waals surface area (Å²) in [5.41, 5.74) is -1.71. The molecule has 122 valence electrons. The summed E-state index contributed by atoms with van der Waals surface area (Å²) in [6.45, 7) is 5.86. The number of hydrogen-bond acceptors (Lipinski definition) is 4. The lowest BCUT2D eigenvalue weighted by Gasteiger charge is -2.38. The van der Waals surface area contributed by atoms with E-state index in [0.717, 1.165) is 0 Å². The molecule has 6 heteroatoms. The van der Waals surface area contributed by atoms with Gasteiger partial charge in [0.15, 0.2) is 0 Å². The van der Waals surface area contributed by atoms with Gasteiger partial charge in [-0.3, -0.25) is 19.7 Å². The minimum Gasteiger partial charge on any atom is -0.320 e. The number of amides is 1. The Labute approximate surface area is 134 Å². The number of para-hydroxylation sites is 2. The molecule has 2 bridgehead atoms. The van der Waals surface area contributed by atoms with Crippen LogP contribution in [0.2, 0.25) is 0 Å². The Bertz CT molecular complexity index is 727. The summed E-state index contributed by atoms with van der Waals surface area (Å²) in [5, 5.41) is 13.8. The molecule has 2 aliphatic carbocycles. The predicted molar refractivity (Wildman–Crippen MR) is 84.9 cm³/mol. The summed E-state index contributed by atoms with van der Waals surface area (Å²) in [6, 6.07) is 6.08. The summed E-state index contributed by atoms with van der Waals surface area (Å²) in [6.07, 6.45) is 1.53. The number of rotatable bonds is 3. The van der Waals surface area contributed by atoms with Crippen LogP contribution in [0.25, 0.3) is 0 Å². The van der Waals surface area contributed by atoms with Crippen molar-refractivity contribution in [1.29, 1.82) is 0 Å². The molecule has 1 aromatic rings. The maximum Gasteiger partial charge on any atom is 0.292 e. The van der Waals surface area contributed by atoms with E-state index in [-0.39, 0.29) is 29.5 Å². The lowest BCUT2D eigenvalue weighted by molar-refractivity contribution is -0.383. The number of Topliss-reactive ketones (excluding diaryl/α,β-unsaturated/α-hetero) is 1. The van der Waals surface area contributed by atoms with Gasteiger partial charge in [-0.05, 0) is 24.3 Å². The van der Waals surface area contributed by atoms with Crippen LogP contribution in [0.3, 0.4) is 0 Å². The molecule has 2 atom stereocenters. The molecule has 2 saturated carbocycles. The number of carbonyl (C=O) groups excluding carboxylic acids is 2. The maximum atomic E-state index is 13.0. The lowest BCUT2D eigenvalue weighted by Crippen LogP contribution is -2.43. The van der Waals surface area contributed by atoms with Crippen molar-refractivity contribution < 1.29 is 14.5 Å². The number of ketones is 1. The first-order valence-corrected chi connectivity index (χ1v) is 7.74. The van der Waals surface area contributed by atoms with E-state index < -0.39 is 21.2 Å². The normalized spacial score (nSPS) is 31.2. The minimum absolute atomic E-state index is 0.117. The third-order valence-corrected chi connectivity index (χ3v) is 6.49. The van der Waals surface area contributed by atoms with Gasteiger partial charge < -0.3 is 5.32 Å². The molecule has 0 radical (unpaired) electrons. The van der Waals surface area contributed by atoms with E-state index >= 15 is 0 Å². The van der Waals surface area contributed by atoms with Gasteiger partial charge in [-0.2, -0.15) is 0 Å². The largest absolute Gasteiger partial charge is 0.320 e. The Morgan fingerprint density at radius 2 is 1.87 bits per heavy atom.